The quantitative estimate of drug-likeness (QED) is 0.631. The molecule has 78 valence electrons. The molecular weight excluding hydrogens is 174 g/mol. The number of aliphatic carboxylic acids is 1. The summed E-state index contributed by atoms with van der Waals surface area (Å²) in [7, 11) is 5.06. The first-order chi connectivity index (χ1) is 5.82. The number of nitrogens with zero attached hydrogens (tertiary/aromatic N) is 1. The SMILES string of the molecule is CC(=O)O.COC(=O)C(C)N(C)C. The fourth-order valence-corrected chi connectivity index (χ4v) is 0.381. The van der Waals surface area contributed by atoms with Crippen LogP contribution in [0.1, 0.15) is 13.8 Å². The highest BCUT2D eigenvalue weighted by Gasteiger charge is 2.13. The van der Waals surface area contributed by atoms with Crippen LogP contribution in [0.25, 0.3) is 0 Å². The van der Waals surface area contributed by atoms with Crippen LogP contribution in [0, 0.1) is 0 Å². The van der Waals surface area contributed by atoms with Crippen LogP contribution in [0.3, 0.4) is 0 Å². The molecule has 0 radical (unpaired) electrons. The molecule has 5 nitrogen and oxygen atoms in total. The second-order valence-corrected chi connectivity index (χ2v) is 2.68. The van der Waals surface area contributed by atoms with Gasteiger partial charge in [-0.2, -0.15) is 0 Å². The lowest BCUT2D eigenvalue weighted by Crippen LogP contribution is -2.33. The molecule has 5 heteroatoms. The number of esters is 1. The summed E-state index contributed by atoms with van der Waals surface area (Å²) in [4.78, 5) is 21.5. The van der Waals surface area contributed by atoms with Gasteiger partial charge in [-0.3, -0.25) is 14.5 Å². The van der Waals surface area contributed by atoms with Crippen molar-refractivity contribution in [1.29, 1.82) is 0 Å². The minimum absolute atomic E-state index is 0.144. The van der Waals surface area contributed by atoms with E-state index in [9.17, 15) is 4.79 Å². The van der Waals surface area contributed by atoms with Gasteiger partial charge in [0.2, 0.25) is 0 Å². The van der Waals surface area contributed by atoms with Gasteiger partial charge in [-0.15, -0.1) is 0 Å². The molecule has 0 aromatic rings. The molecule has 0 saturated carbocycles. The Morgan fingerprint density at radius 2 is 1.69 bits per heavy atom. The van der Waals surface area contributed by atoms with Gasteiger partial charge in [-0.1, -0.05) is 0 Å². The van der Waals surface area contributed by atoms with E-state index in [1.165, 1.54) is 7.11 Å². The van der Waals surface area contributed by atoms with Crippen LogP contribution >= 0.6 is 0 Å². The smallest absolute Gasteiger partial charge is 0.322 e. The lowest BCUT2D eigenvalue weighted by atomic mass is 10.3. The van der Waals surface area contributed by atoms with Gasteiger partial charge >= 0.3 is 5.97 Å². The van der Waals surface area contributed by atoms with Crippen molar-refractivity contribution >= 4 is 11.9 Å². The highest BCUT2D eigenvalue weighted by molar-refractivity contribution is 5.74. The predicted octanol–water partition coefficient (Wildman–Crippen LogP) is 0.200. The molecule has 1 atom stereocenters. The lowest BCUT2D eigenvalue weighted by molar-refractivity contribution is -0.145. The van der Waals surface area contributed by atoms with Crippen molar-refractivity contribution in [3.05, 3.63) is 0 Å². The summed E-state index contributed by atoms with van der Waals surface area (Å²) in [5.74, 6) is -1.03. The number of methoxy groups -OCH3 is 1. The summed E-state index contributed by atoms with van der Waals surface area (Å²) >= 11 is 0. The van der Waals surface area contributed by atoms with Crippen LogP contribution in [-0.4, -0.2) is 49.2 Å². The van der Waals surface area contributed by atoms with Crippen LogP contribution < -0.4 is 0 Å². The van der Waals surface area contributed by atoms with E-state index >= 15 is 0 Å². The van der Waals surface area contributed by atoms with Crippen molar-refractivity contribution < 1.29 is 19.4 Å². The van der Waals surface area contributed by atoms with E-state index in [-0.39, 0.29) is 12.0 Å². The standard InChI is InChI=1S/C6H13NO2.C2H4O2/c1-5(7(2)3)6(8)9-4;1-2(3)4/h5H,1-4H3;1H3,(H,3,4). The van der Waals surface area contributed by atoms with Crippen LogP contribution in [-0.2, 0) is 14.3 Å². The molecule has 1 unspecified atom stereocenters. The molecule has 0 heterocycles. The van der Waals surface area contributed by atoms with E-state index in [1.807, 2.05) is 14.1 Å². The van der Waals surface area contributed by atoms with Crippen molar-refractivity contribution in [2.45, 2.75) is 19.9 Å². The zero-order chi connectivity index (χ0) is 11.0. The number of hydrogen-bond acceptors (Lipinski definition) is 4. The number of carboxylic acids is 1. The number of likely N-dealkylation sites (N-methyl/N-ethyl adjacent to an activating group) is 1. The van der Waals surface area contributed by atoms with Crippen LogP contribution in [0.15, 0.2) is 0 Å². The number of carbonyl (C=O) groups is 2. The van der Waals surface area contributed by atoms with Crippen molar-refractivity contribution in [2.75, 3.05) is 21.2 Å². The Morgan fingerprint density at radius 3 is 1.77 bits per heavy atom. The monoisotopic (exact) mass is 191 g/mol. The maximum absolute atomic E-state index is 10.7. The van der Waals surface area contributed by atoms with E-state index in [1.54, 1.807) is 11.8 Å². The molecule has 0 bridgehead atoms. The lowest BCUT2D eigenvalue weighted by Gasteiger charge is -2.16. The van der Waals surface area contributed by atoms with Gasteiger partial charge < -0.3 is 9.84 Å². The van der Waals surface area contributed by atoms with Gasteiger partial charge in [0.25, 0.3) is 5.97 Å². The Balaban J connectivity index is 0. The molecule has 0 aromatic carbocycles. The number of ether oxygens (including phenoxy) is 1. The maximum atomic E-state index is 10.7. The number of rotatable bonds is 2. The molecule has 0 amide bonds. The Labute approximate surface area is 78.3 Å². The fourth-order valence-electron chi connectivity index (χ4n) is 0.381. The van der Waals surface area contributed by atoms with E-state index in [0.29, 0.717) is 0 Å². The average molecular weight is 191 g/mol. The molecule has 0 aliphatic heterocycles. The van der Waals surface area contributed by atoms with Crippen molar-refractivity contribution in [1.82, 2.24) is 4.90 Å². The molecule has 13 heavy (non-hydrogen) atoms. The molecule has 0 aromatic heterocycles. The fraction of sp³-hybridized carbons (Fsp3) is 0.750. The minimum atomic E-state index is -0.833. The third-order valence-electron chi connectivity index (χ3n) is 1.32. The number of carboxylic acid groups (broad SMARTS) is 1. The summed E-state index contributed by atoms with van der Waals surface area (Å²) in [6.07, 6.45) is 0. The van der Waals surface area contributed by atoms with Gasteiger partial charge in [0.1, 0.15) is 6.04 Å². The van der Waals surface area contributed by atoms with Gasteiger partial charge in [0.15, 0.2) is 0 Å². The number of hydrogen-bond donors (Lipinski definition) is 1. The molecular formula is C8H17NO4. The second-order valence-electron chi connectivity index (χ2n) is 2.68. The molecule has 0 saturated heterocycles. The third kappa shape index (κ3) is 10.9. The van der Waals surface area contributed by atoms with Gasteiger partial charge in [-0.25, -0.2) is 0 Å². The first kappa shape index (κ1) is 14.4. The van der Waals surface area contributed by atoms with Gasteiger partial charge in [0, 0.05) is 6.92 Å². The average Bonchev–Trinajstić information content (AvgIpc) is 2.00. The largest absolute Gasteiger partial charge is 0.481 e. The summed E-state index contributed by atoms with van der Waals surface area (Å²) in [5.41, 5.74) is 0. The molecule has 0 aliphatic rings. The van der Waals surface area contributed by atoms with Gasteiger partial charge in [0.05, 0.1) is 7.11 Å². The minimum Gasteiger partial charge on any atom is -0.481 e. The van der Waals surface area contributed by atoms with Gasteiger partial charge in [-0.05, 0) is 21.0 Å². The van der Waals surface area contributed by atoms with Crippen LogP contribution in [0.2, 0.25) is 0 Å². The maximum Gasteiger partial charge on any atom is 0.322 e. The summed E-state index contributed by atoms with van der Waals surface area (Å²) in [6, 6.07) is -0.144. The second kappa shape index (κ2) is 7.54. The first-order valence-electron chi connectivity index (χ1n) is 3.76. The molecule has 0 spiro atoms. The van der Waals surface area contributed by atoms with E-state index in [4.69, 9.17) is 9.90 Å². The van der Waals surface area contributed by atoms with Crippen LogP contribution in [0.5, 0.6) is 0 Å². The van der Waals surface area contributed by atoms with E-state index < -0.39 is 5.97 Å². The van der Waals surface area contributed by atoms with E-state index in [0.717, 1.165) is 6.92 Å². The molecule has 1 N–H and O–H groups in total. The Kier molecular flexibility index (Phi) is 8.37. The molecule has 0 aliphatic carbocycles. The Bertz CT molecular complexity index is 164. The highest BCUT2D eigenvalue weighted by Crippen LogP contribution is 1.92. The zero-order valence-electron chi connectivity index (χ0n) is 8.70. The Morgan fingerprint density at radius 1 is 1.38 bits per heavy atom. The summed E-state index contributed by atoms with van der Waals surface area (Å²) < 4.78 is 4.49. The topological polar surface area (TPSA) is 66.8 Å². The highest BCUT2D eigenvalue weighted by atomic mass is 16.5. The van der Waals surface area contributed by atoms with Crippen LogP contribution in [0.4, 0.5) is 0 Å². The van der Waals surface area contributed by atoms with Crippen molar-refractivity contribution in [3.63, 3.8) is 0 Å². The molecule has 0 fully saturated rings. The Hall–Kier alpha value is -1.10. The molecule has 0 rings (SSSR count). The van der Waals surface area contributed by atoms with Crippen molar-refractivity contribution in [2.24, 2.45) is 0 Å². The first-order valence-corrected chi connectivity index (χ1v) is 3.76. The third-order valence-corrected chi connectivity index (χ3v) is 1.32. The zero-order valence-corrected chi connectivity index (χ0v) is 8.70. The predicted molar refractivity (Wildman–Crippen MR) is 48.5 cm³/mol. The number of carbonyl (C=O) groups excluding carboxylic acids is 1. The normalized spacial score (nSPS) is 11.2. The van der Waals surface area contributed by atoms with Crippen molar-refractivity contribution in [3.8, 4) is 0 Å². The summed E-state index contributed by atoms with van der Waals surface area (Å²) in [6.45, 7) is 2.88. The summed E-state index contributed by atoms with van der Waals surface area (Å²) in [5, 5.41) is 7.42. The van der Waals surface area contributed by atoms with E-state index in [2.05, 4.69) is 4.74 Å².